The van der Waals surface area contributed by atoms with Crippen LogP contribution in [-0.4, -0.2) is 24.4 Å². The van der Waals surface area contributed by atoms with Crippen LogP contribution >= 0.6 is 0 Å². The van der Waals surface area contributed by atoms with Crippen molar-refractivity contribution in [3.05, 3.63) is 88.7 Å². The van der Waals surface area contributed by atoms with Gasteiger partial charge in [-0.1, -0.05) is 24.3 Å². The van der Waals surface area contributed by atoms with E-state index >= 15 is 0 Å². The van der Waals surface area contributed by atoms with Crippen molar-refractivity contribution in [2.75, 3.05) is 0 Å². The Morgan fingerprint density at radius 3 is 2.31 bits per heavy atom. The number of benzene rings is 3. The second-order valence-electron chi connectivity index (χ2n) is 6.41. The number of aromatic nitrogens is 4. The van der Waals surface area contributed by atoms with E-state index in [2.05, 4.69) is 9.97 Å². The summed E-state index contributed by atoms with van der Waals surface area (Å²) in [5.74, 6) is 0.0669. The van der Waals surface area contributed by atoms with Crippen LogP contribution in [-0.2, 0) is 0 Å². The third-order valence-corrected chi connectivity index (χ3v) is 4.57. The zero-order valence-corrected chi connectivity index (χ0v) is 14.9. The first-order valence-electron chi connectivity index (χ1n) is 8.76. The highest BCUT2D eigenvalue weighted by Crippen LogP contribution is 2.30. The van der Waals surface area contributed by atoms with E-state index < -0.39 is 4.92 Å². The second kappa shape index (κ2) is 6.45. The van der Waals surface area contributed by atoms with Gasteiger partial charge in [0, 0.05) is 23.4 Å². The van der Waals surface area contributed by atoms with Crippen molar-refractivity contribution in [1.29, 1.82) is 0 Å². The quantitative estimate of drug-likeness (QED) is 0.332. The molecule has 0 N–H and O–H groups in total. The molecular formula is C21H12FN5O2. The van der Waals surface area contributed by atoms with Crippen molar-refractivity contribution in [3.63, 3.8) is 0 Å². The van der Waals surface area contributed by atoms with E-state index in [9.17, 15) is 14.5 Å². The molecule has 8 heteroatoms. The Morgan fingerprint density at radius 1 is 0.862 bits per heavy atom. The number of imidazole rings is 1. The molecule has 5 rings (SSSR count). The van der Waals surface area contributed by atoms with Crippen molar-refractivity contribution in [2.45, 2.75) is 0 Å². The molecule has 2 aromatic heterocycles. The molecule has 5 aromatic rings. The maximum atomic E-state index is 13.5. The highest BCUT2D eigenvalue weighted by molar-refractivity contribution is 5.86. The average molecular weight is 385 g/mol. The second-order valence-corrected chi connectivity index (χ2v) is 6.41. The number of fused-ring (bicyclic) bond motifs is 2. The van der Waals surface area contributed by atoms with Gasteiger partial charge >= 0.3 is 0 Å². The van der Waals surface area contributed by atoms with E-state index in [0.29, 0.717) is 39.4 Å². The van der Waals surface area contributed by atoms with Crippen LogP contribution in [0, 0.1) is 15.9 Å². The topological polar surface area (TPSA) is 86.7 Å². The minimum Gasteiger partial charge on any atom is -0.275 e. The summed E-state index contributed by atoms with van der Waals surface area (Å²) >= 11 is 0. The Kier molecular flexibility index (Phi) is 3.77. The number of hydrogen-bond acceptors (Lipinski definition) is 5. The van der Waals surface area contributed by atoms with Crippen molar-refractivity contribution < 1.29 is 9.31 Å². The van der Waals surface area contributed by atoms with Gasteiger partial charge in [-0.2, -0.15) is 0 Å². The third kappa shape index (κ3) is 2.87. The lowest BCUT2D eigenvalue weighted by atomic mass is 10.2. The first-order chi connectivity index (χ1) is 14.1. The molecule has 0 aliphatic rings. The van der Waals surface area contributed by atoms with E-state index in [1.807, 2.05) is 24.3 Å². The number of para-hydroxylation sites is 2. The number of halogens is 1. The fraction of sp³-hybridized carbons (Fsp3) is 0. The van der Waals surface area contributed by atoms with E-state index in [4.69, 9.17) is 4.98 Å². The summed E-state index contributed by atoms with van der Waals surface area (Å²) in [5, 5.41) is 11.2. The largest absolute Gasteiger partial charge is 0.275 e. The molecule has 0 bridgehead atoms. The average Bonchev–Trinajstić information content (AvgIpc) is 3.11. The molecule has 0 atom stereocenters. The smallest absolute Gasteiger partial charge is 0.270 e. The lowest BCUT2D eigenvalue weighted by molar-refractivity contribution is -0.384. The molecule has 0 saturated heterocycles. The zero-order valence-electron chi connectivity index (χ0n) is 14.9. The molecule has 0 amide bonds. The summed E-state index contributed by atoms with van der Waals surface area (Å²) in [4.78, 5) is 24.6. The fourth-order valence-corrected chi connectivity index (χ4v) is 3.24. The van der Waals surface area contributed by atoms with Crippen LogP contribution in [0.1, 0.15) is 0 Å². The van der Waals surface area contributed by atoms with Gasteiger partial charge in [0.2, 0.25) is 0 Å². The molecule has 0 radical (unpaired) electrons. The van der Waals surface area contributed by atoms with Crippen molar-refractivity contribution in [3.8, 4) is 17.1 Å². The van der Waals surface area contributed by atoms with E-state index in [1.165, 1.54) is 24.3 Å². The minimum atomic E-state index is -0.459. The molecule has 3 aromatic carbocycles. The van der Waals surface area contributed by atoms with Crippen molar-refractivity contribution >= 4 is 28.0 Å². The van der Waals surface area contributed by atoms with Gasteiger partial charge in [0.15, 0.2) is 11.3 Å². The Labute approximate surface area is 163 Å². The Balaban J connectivity index is 1.85. The standard InChI is InChI=1S/C21H12FN5O2/c22-14-8-10-15(11-9-14)26-20(13-4-3-5-16(12-13)27(28)29)25-19-21(26)24-18-7-2-1-6-17(18)23-19/h1-12H. The normalized spacial score (nSPS) is 11.2. The maximum absolute atomic E-state index is 13.5. The summed E-state index contributed by atoms with van der Waals surface area (Å²) in [6, 6.07) is 19.5. The Morgan fingerprint density at radius 2 is 1.59 bits per heavy atom. The Bertz CT molecular complexity index is 1400. The van der Waals surface area contributed by atoms with Crippen LogP contribution in [0.3, 0.4) is 0 Å². The SMILES string of the molecule is O=[N+]([O-])c1cccc(-c2nc3nc4ccccc4nc3n2-c2ccc(F)cc2)c1. The lowest BCUT2D eigenvalue weighted by Crippen LogP contribution is -2.00. The van der Waals surface area contributed by atoms with Gasteiger partial charge in [0.1, 0.15) is 11.6 Å². The van der Waals surface area contributed by atoms with Crippen LogP contribution in [0.5, 0.6) is 0 Å². The van der Waals surface area contributed by atoms with E-state index in [1.54, 1.807) is 28.8 Å². The molecule has 0 aliphatic carbocycles. The molecule has 0 fully saturated rings. The fourth-order valence-electron chi connectivity index (χ4n) is 3.24. The van der Waals surface area contributed by atoms with Gasteiger partial charge < -0.3 is 0 Å². The molecule has 7 nitrogen and oxygen atoms in total. The number of nitro groups is 1. The number of hydrogen-bond donors (Lipinski definition) is 0. The third-order valence-electron chi connectivity index (χ3n) is 4.57. The molecular weight excluding hydrogens is 373 g/mol. The number of nitrogens with zero attached hydrogens (tertiary/aromatic N) is 5. The molecule has 0 aliphatic heterocycles. The summed E-state index contributed by atoms with van der Waals surface area (Å²) in [6.45, 7) is 0. The van der Waals surface area contributed by atoms with Crippen molar-refractivity contribution in [2.24, 2.45) is 0 Å². The van der Waals surface area contributed by atoms with Crippen LogP contribution in [0.25, 0.3) is 39.4 Å². The lowest BCUT2D eigenvalue weighted by Gasteiger charge is -2.09. The maximum Gasteiger partial charge on any atom is 0.270 e. The van der Waals surface area contributed by atoms with Gasteiger partial charge in [0.25, 0.3) is 5.69 Å². The van der Waals surface area contributed by atoms with Gasteiger partial charge in [-0.15, -0.1) is 0 Å². The molecule has 0 unspecified atom stereocenters. The number of rotatable bonds is 3. The van der Waals surface area contributed by atoms with Gasteiger partial charge in [-0.3, -0.25) is 14.7 Å². The minimum absolute atomic E-state index is 0.0497. The monoisotopic (exact) mass is 385 g/mol. The van der Waals surface area contributed by atoms with Crippen molar-refractivity contribution in [1.82, 2.24) is 19.5 Å². The van der Waals surface area contributed by atoms with Crippen LogP contribution < -0.4 is 0 Å². The first-order valence-corrected chi connectivity index (χ1v) is 8.76. The van der Waals surface area contributed by atoms with Gasteiger partial charge in [0.05, 0.1) is 16.0 Å². The molecule has 0 saturated carbocycles. The van der Waals surface area contributed by atoms with Crippen LogP contribution in [0.4, 0.5) is 10.1 Å². The van der Waals surface area contributed by atoms with Gasteiger partial charge in [-0.05, 0) is 36.4 Å². The van der Waals surface area contributed by atoms with E-state index in [-0.39, 0.29) is 11.5 Å². The van der Waals surface area contributed by atoms with Crippen LogP contribution in [0.2, 0.25) is 0 Å². The summed E-state index contributed by atoms with van der Waals surface area (Å²) in [6.07, 6.45) is 0. The van der Waals surface area contributed by atoms with E-state index in [0.717, 1.165) is 0 Å². The number of nitro benzene ring substituents is 1. The highest BCUT2D eigenvalue weighted by Gasteiger charge is 2.19. The van der Waals surface area contributed by atoms with Gasteiger partial charge in [-0.25, -0.2) is 19.3 Å². The summed E-state index contributed by atoms with van der Waals surface area (Å²) < 4.78 is 15.2. The van der Waals surface area contributed by atoms with Crippen LogP contribution in [0.15, 0.2) is 72.8 Å². The molecule has 29 heavy (non-hydrogen) atoms. The number of non-ortho nitro benzene ring substituents is 1. The molecule has 2 heterocycles. The summed E-state index contributed by atoms with van der Waals surface area (Å²) in [7, 11) is 0. The first kappa shape index (κ1) is 16.9. The Hall–Kier alpha value is -4.20. The molecule has 140 valence electrons. The zero-order chi connectivity index (χ0) is 20.0. The highest BCUT2D eigenvalue weighted by atomic mass is 19.1. The molecule has 0 spiro atoms. The predicted octanol–water partition coefficient (Wildman–Crippen LogP) is 4.68. The summed E-state index contributed by atoms with van der Waals surface area (Å²) in [5.41, 5.74) is 3.37. The predicted molar refractivity (Wildman–Crippen MR) is 106 cm³/mol.